The molecule has 0 spiro atoms. The Balaban J connectivity index is 1.41. The number of likely N-dealkylation sites (tertiary alicyclic amines) is 1. The molecule has 194 valence electrons. The molecular weight excluding hydrogens is 506 g/mol. The van der Waals surface area contributed by atoms with Crippen molar-refractivity contribution < 1.29 is 13.5 Å². The van der Waals surface area contributed by atoms with Gasteiger partial charge in [0.1, 0.15) is 29.8 Å². The van der Waals surface area contributed by atoms with Crippen LogP contribution in [-0.2, 0) is 6.54 Å². The van der Waals surface area contributed by atoms with Crippen molar-refractivity contribution in [2.24, 2.45) is 5.92 Å². The van der Waals surface area contributed by atoms with Gasteiger partial charge in [0.2, 0.25) is 0 Å². The number of thiazole rings is 1. The number of hydrogen-bond acceptors (Lipinski definition) is 6. The van der Waals surface area contributed by atoms with Gasteiger partial charge in [-0.25, -0.2) is 18.7 Å². The molecule has 0 unspecified atom stereocenters. The Labute approximate surface area is 222 Å². The first kappa shape index (κ1) is 24.6. The summed E-state index contributed by atoms with van der Waals surface area (Å²) in [6, 6.07) is 17.2. The van der Waals surface area contributed by atoms with Crippen LogP contribution in [0.2, 0.25) is 0 Å². The maximum Gasteiger partial charge on any atom is 0.261 e. The molecule has 5 aromatic rings. The van der Waals surface area contributed by atoms with Crippen LogP contribution in [-0.4, -0.2) is 45.7 Å². The zero-order valence-electron chi connectivity index (χ0n) is 20.6. The largest absolute Gasteiger partial charge is 0.457 e. The fourth-order valence-electron chi connectivity index (χ4n) is 5.20. The van der Waals surface area contributed by atoms with Crippen LogP contribution in [0, 0.1) is 11.7 Å². The topological polar surface area (TPSA) is 60.2 Å². The summed E-state index contributed by atoms with van der Waals surface area (Å²) in [6.45, 7) is 1.90. The van der Waals surface area contributed by atoms with E-state index in [1.807, 2.05) is 18.2 Å². The third-order valence-corrected chi connectivity index (χ3v) is 7.82. The highest BCUT2D eigenvalue weighted by atomic mass is 32.1. The number of ether oxygens (including phenoxy) is 1. The third-order valence-electron chi connectivity index (χ3n) is 7.02. The second kappa shape index (κ2) is 10.6. The lowest BCUT2D eigenvalue weighted by molar-refractivity contribution is 0.152. The fraction of sp³-hybridized carbons (Fsp3) is 0.276. The van der Waals surface area contributed by atoms with Gasteiger partial charge in [-0.1, -0.05) is 12.1 Å². The summed E-state index contributed by atoms with van der Waals surface area (Å²) >= 11 is 1.53. The van der Waals surface area contributed by atoms with Crippen LogP contribution >= 0.6 is 11.3 Å². The molecule has 3 aromatic carbocycles. The number of rotatable bonds is 7. The molecule has 9 heteroatoms. The lowest BCUT2D eigenvalue weighted by Crippen LogP contribution is -2.39. The first-order valence-corrected chi connectivity index (χ1v) is 13.6. The summed E-state index contributed by atoms with van der Waals surface area (Å²) in [4.78, 5) is 25.1. The zero-order valence-corrected chi connectivity index (χ0v) is 21.5. The van der Waals surface area contributed by atoms with Gasteiger partial charge in [0.15, 0.2) is 0 Å². The molecule has 1 saturated heterocycles. The monoisotopic (exact) mass is 532 g/mol. The van der Waals surface area contributed by atoms with Gasteiger partial charge in [0.25, 0.3) is 5.56 Å². The maximum absolute atomic E-state index is 14.9. The van der Waals surface area contributed by atoms with Gasteiger partial charge < -0.3 is 9.64 Å². The highest BCUT2D eigenvalue weighted by Crippen LogP contribution is 2.30. The summed E-state index contributed by atoms with van der Waals surface area (Å²) in [6.07, 6.45) is 1.84. The molecule has 0 bridgehead atoms. The Morgan fingerprint density at radius 2 is 1.87 bits per heavy atom. The minimum atomic E-state index is -0.436. The van der Waals surface area contributed by atoms with E-state index in [1.54, 1.807) is 46.5 Å². The van der Waals surface area contributed by atoms with Crippen molar-refractivity contribution in [3.8, 4) is 22.9 Å². The van der Waals surface area contributed by atoms with E-state index in [0.717, 1.165) is 29.6 Å². The van der Waals surface area contributed by atoms with Crippen LogP contribution in [0.25, 0.3) is 32.5 Å². The molecular formula is C29H26F2N4O2S. The average Bonchev–Trinajstić information content (AvgIpc) is 3.39. The standard InChI is InChI=1S/C29H26F2N4O2S/c30-11-13-34-12-3-4-19(16-34)17-35-28(22-5-1-2-6-24(22)31)33-25-9-7-20(14-23(25)29(35)36)37-21-8-10-26-27(15-21)38-18-32-26/h1-2,5-10,14-15,18-19H,3-4,11-13,16-17H2/t19-/m0/s1. The van der Waals surface area contributed by atoms with E-state index in [-0.39, 0.29) is 17.0 Å². The smallest absolute Gasteiger partial charge is 0.261 e. The first-order valence-electron chi connectivity index (χ1n) is 12.7. The lowest BCUT2D eigenvalue weighted by atomic mass is 9.97. The second-order valence-corrected chi connectivity index (χ2v) is 10.5. The molecule has 0 radical (unpaired) electrons. The highest BCUT2D eigenvalue weighted by Gasteiger charge is 2.24. The van der Waals surface area contributed by atoms with Crippen molar-refractivity contribution in [3.63, 3.8) is 0 Å². The van der Waals surface area contributed by atoms with Crippen molar-refractivity contribution in [3.05, 3.63) is 82.3 Å². The van der Waals surface area contributed by atoms with E-state index < -0.39 is 12.5 Å². The predicted octanol–water partition coefficient (Wildman–Crippen LogP) is 6.29. The summed E-state index contributed by atoms with van der Waals surface area (Å²) in [5.41, 5.74) is 3.19. The number of fused-ring (bicyclic) bond motifs is 2. The quantitative estimate of drug-likeness (QED) is 0.247. The number of halogens is 2. The number of alkyl halides is 1. The predicted molar refractivity (Wildman–Crippen MR) is 146 cm³/mol. The Kier molecular flexibility index (Phi) is 6.86. The lowest BCUT2D eigenvalue weighted by Gasteiger charge is -2.32. The second-order valence-electron chi connectivity index (χ2n) is 9.59. The van der Waals surface area contributed by atoms with E-state index in [1.165, 1.54) is 17.4 Å². The van der Waals surface area contributed by atoms with Crippen molar-refractivity contribution >= 4 is 32.5 Å². The summed E-state index contributed by atoms with van der Waals surface area (Å²) < 4.78 is 36.6. The SMILES string of the molecule is O=c1c2cc(Oc3ccc4ncsc4c3)ccc2nc(-c2ccccc2F)n1C[C@H]1CCCN(CCF)C1. The fourth-order valence-corrected chi connectivity index (χ4v) is 5.90. The number of benzene rings is 3. The molecule has 38 heavy (non-hydrogen) atoms. The van der Waals surface area contributed by atoms with E-state index in [2.05, 4.69) is 9.88 Å². The number of nitrogens with zero attached hydrogens (tertiary/aromatic N) is 4. The molecule has 0 saturated carbocycles. The molecule has 1 aliphatic heterocycles. The minimum Gasteiger partial charge on any atom is -0.457 e. The van der Waals surface area contributed by atoms with Crippen LogP contribution in [0.5, 0.6) is 11.5 Å². The molecule has 0 aliphatic carbocycles. The average molecular weight is 533 g/mol. The molecule has 3 heterocycles. The minimum absolute atomic E-state index is 0.128. The summed E-state index contributed by atoms with van der Waals surface area (Å²) in [5, 5.41) is 0.401. The molecule has 0 amide bonds. The van der Waals surface area contributed by atoms with Gasteiger partial charge in [-0.3, -0.25) is 9.36 Å². The summed E-state index contributed by atoms with van der Waals surface area (Å²) in [5.74, 6) is 1.15. The van der Waals surface area contributed by atoms with Gasteiger partial charge in [-0.05, 0) is 67.8 Å². The van der Waals surface area contributed by atoms with Crippen LogP contribution in [0.1, 0.15) is 12.8 Å². The van der Waals surface area contributed by atoms with Gasteiger partial charge in [0, 0.05) is 25.7 Å². The first-order chi connectivity index (χ1) is 18.6. The Hall–Kier alpha value is -3.69. The highest BCUT2D eigenvalue weighted by molar-refractivity contribution is 7.16. The van der Waals surface area contributed by atoms with E-state index in [4.69, 9.17) is 9.72 Å². The van der Waals surface area contributed by atoms with Crippen molar-refractivity contribution in [1.82, 2.24) is 19.4 Å². The molecule has 6 nitrogen and oxygen atoms in total. The zero-order chi connectivity index (χ0) is 26.1. The molecule has 1 aliphatic rings. The third kappa shape index (κ3) is 4.91. The van der Waals surface area contributed by atoms with E-state index >= 15 is 0 Å². The van der Waals surface area contributed by atoms with Crippen LogP contribution in [0.4, 0.5) is 8.78 Å². The normalized spacial score (nSPS) is 16.3. The van der Waals surface area contributed by atoms with Gasteiger partial charge in [-0.15, -0.1) is 11.3 Å². The molecule has 1 fully saturated rings. The molecule has 2 aromatic heterocycles. The number of aromatic nitrogens is 3. The van der Waals surface area contributed by atoms with Gasteiger partial charge in [0.05, 0.1) is 32.2 Å². The van der Waals surface area contributed by atoms with Gasteiger partial charge in [-0.2, -0.15) is 0 Å². The van der Waals surface area contributed by atoms with E-state index in [9.17, 15) is 13.6 Å². The van der Waals surface area contributed by atoms with Crippen LogP contribution in [0.15, 0.2) is 71.0 Å². The number of hydrogen-bond donors (Lipinski definition) is 0. The Bertz CT molecular complexity index is 1670. The van der Waals surface area contributed by atoms with E-state index in [0.29, 0.717) is 47.9 Å². The van der Waals surface area contributed by atoms with Crippen LogP contribution < -0.4 is 10.3 Å². The molecule has 6 rings (SSSR count). The summed E-state index contributed by atoms with van der Waals surface area (Å²) in [7, 11) is 0. The van der Waals surface area contributed by atoms with Gasteiger partial charge >= 0.3 is 0 Å². The van der Waals surface area contributed by atoms with Crippen molar-refractivity contribution in [2.45, 2.75) is 19.4 Å². The molecule has 1 atom stereocenters. The van der Waals surface area contributed by atoms with Crippen molar-refractivity contribution in [1.29, 1.82) is 0 Å². The Morgan fingerprint density at radius 1 is 1.05 bits per heavy atom. The van der Waals surface area contributed by atoms with Crippen molar-refractivity contribution in [2.75, 3.05) is 26.3 Å². The Morgan fingerprint density at radius 3 is 2.71 bits per heavy atom. The molecule has 0 N–H and O–H groups in total. The van der Waals surface area contributed by atoms with Crippen LogP contribution in [0.3, 0.4) is 0 Å². The number of piperidine rings is 1. The maximum atomic E-state index is 14.9.